The molecule has 0 spiro atoms. The first-order valence-electron chi connectivity index (χ1n) is 7.76. The Bertz CT molecular complexity index is 754. The van der Waals surface area contributed by atoms with E-state index in [1.807, 2.05) is 37.4 Å². The molecule has 0 saturated heterocycles. The second-order valence-electron chi connectivity index (χ2n) is 5.23. The molecule has 2 rings (SSSR count). The van der Waals surface area contributed by atoms with Crippen molar-refractivity contribution in [3.8, 4) is 16.3 Å². The van der Waals surface area contributed by atoms with Crippen LogP contribution in [-0.2, 0) is 20.9 Å². The molecule has 0 amide bonds. The molecule has 6 nitrogen and oxygen atoms in total. The Balaban J connectivity index is 2.15. The van der Waals surface area contributed by atoms with Crippen molar-refractivity contribution in [3.05, 3.63) is 46.7 Å². The Kier molecular flexibility index (Phi) is 6.97. The highest BCUT2D eigenvalue weighted by molar-refractivity contribution is 7.13. The van der Waals surface area contributed by atoms with Gasteiger partial charge in [-0.25, -0.2) is 9.78 Å². The van der Waals surface area contributed by atoms with E-state index < -0.39 is 5.97 Å². The smallest absolute Gasteiger partial charge is 0.338 e. The van der Waals surface area contributed by atoms with Crippen molar-refractivity contribution in [2.75, 3.05) is 20.3 Å². The van der Waals surface area contributed by atoms with Gasteiger partial charge in [-0.3, -0.25) is 0 Å². The van der Waals surface area contributed by atoms with Gasteiger partial charge in [-0.15, -0.1) is 11.3 Å². The van der Waals surface area contributed by atoms with Gasteiger partial charge in [0.25, 0.3) is 0 Å². The summed E-state index contributed by atoms with van der Waals surface area (Å²) in [6, 6.07) is 5.76. The van der Waals surface area contributed by atoms with Crippen LogP contribution >= 0.6 is 11.3 Å². The summed E-state index contributed by atoms with van der Waals surface area (Å²) in [6.45, 7) is 4.91. The van der Waals surface area contributed by atoms with Crippen molar-refractivity contribution in [1.29, 1.82) is 0 Å². The van der Waals surface area contributed by atoms with Crippen molar-refractivity contribution in [3.63, 3.8) is 0 Å². The van der Waals surface area contributed by atoms with Crippen LogP contribution in [0.1, 0.15) is 18.2 Å². The summed E-state index contributed by atoms with van der Waals surface area (Å²) in [4.78, 5) is 15.7. The van der Waals surface area contributed by atoms with Crippen molar-refractivity contribution >= 4 is 17.3 Å². The Labute approximate surface area is 150 Å². The summed E-state index contributed by atoms with van der Waals surface area (Å²) in [5.74, 6) is -0.460. The molecular weight excluding hydrogens is 342 g/mol. The molecule has 25 heavy (non-hydrogen) atoms. The third kappa shape index (κ3) is 5.30. The van der Waals surface area contributed by atoms with E-state index in [0.29, 0.717) is 19.0 Å². The monoisotopic (exact) mass is 363 g/mol. The van der Waals surface area contributed by atoms with E-state index >= 15 is 0 Å². The minimum atomic E-state index is -1.07. The maximum absolute atomic E-state index is 11.1. The fourth-order valence-corrected chi connectivity index (χ4v) is 2.85. The summed E-state index contributed by atoms with van der Waals surface area (Å²) in [5.41, 5.74) is 2.76. The molecule has 1 aromatic carbocycles. The number of carboxylic acid groups (broad SMARTS) is 1. The Morgan fingerprint density at radius 1 is 1.40 bits per heavy atom. The summed E-state index contributed by atoms with van der Waals surface area (Å²) in [6.07, 6.45) is 1.17. The van der Waals surface area contributed by atoms with Crippen LogP contribution < -0.4 is 4.74 Å². The molecule has 7 heteroatoms. The number of benzene rings is 1. The lowest BCUT2D eigenvalue weighted by molar-refractivity contribution is -0.133. The molecule has 134 valence electrons. The zero-order valence-electron chi connectivity index (χ0n) is 14.4. The topological polar surface area (TPSA) is 77.9 Å². The third-order valence-electron chi connectivity index (χ3n) is 3.36. The molecule has 0 radical (unpaired) electrons. The van der Waals surface area contributed by atoms with E-state index in [4.69, 9.17) is 19.3 Å². The number of carboxylic acids is 1. The highest BCUT2D eigenvalue weighted by Crippen LogP contribution is 2.29. The van der Waals surface area contributed by atoms with Gasteiger partial charge in [0.05, 0.1) is 25.7 Å². The second-order valence-corrected chi connectivity index (χ2v) is 6.09. The van der Waals surface area contributed by atoms with Gasteiger partial charge in [0.2, 0.25) is 0 Å². The fraction of sp³-hybridized carbons (Fsp3) is 0.333. The molecule has 0 aliphatic carbocycles. The number of aromatic nitrogens is 1. The first-order chi connectivity index (χ1) is 12.0. The predicted molar refractivity (Wildman–Crippen MR) is 95.8 cm³/mol. The van der Waals surface area contributed by atoms with E-state index in [0.717, 1.165) is 21.8 Å². The van der Waals surface area contributed by atoms with Crippen LogP contribution in [0.2, 0.25) is 0 Å². The van der Waals surface area contributed by atoms with E-state index in [2.05, 4.69) is 4.98 Å². The second kappa shape index (κ2) is 9.19. The maximum Gasteiger partial charge on any atom is 0.338 e. The molecule has 0 atom stereocenters. The normalized spacial score (nSPS) is 11.4. The average Bonchev–Trinajstić information content (AvgIpc) is 3.06. The van der Waals surface area contributed by atoms with Gasteiger partial charge >= 0.3 is 5.97 Å². The number of carbonyl (C=O) groups is 1. The van der Waals surface area contributed by atoms with Gasteiger partial charge in [0, 0.05) is 17.6 Å². The number of thiazole rings is 1. The van der Waals surface area contributed by atoms with Crippen molar-refractivity contribution in [2.45, 2.75) is 20.5 Å². The zero-order chi connectivity index (χ0) is 18.2. The number of rotatable bonds is 9. The minimum absolute atomic E-state index is 0.0422. The zero-order valence-corrected chi connectivity index (χ0v) is 15.3. The van der Waals surface area contributed by atoms with Crippen LogP contribution in [-0.4, -0.2) is 36.4 Å². The van der Waals surface area contributed by atoms with Gasteiger partial charge in [0.15, 0.2) is 0 Å². The lowest BCUT2D eigenvalue weighted by Crippen LogP contribution is -2.11. The highest BCUT2D eigenvalue weighted by atomic mass is 32.1. The summed E-state index contributed by atoms with van der Waals surface area (Å²) >= 11 is 1.53. The molecular formula is C18H21NO5S. The maximum atomic E-state index is 11.1. The van der Waals surface area contributed by atoms with Crippen molar-refractivity contribution < 1.29 is 24.1 Å². The van der Waals surface area contributed by atoms with Crippen molar-refractivity contribution in [2.24, 2.45) is 0 Å². The first-order valence-corrected chi connectivity index (χ1v) is 8.64. The van der Waals surface area contributed by atoms with Gasteiger partial charge in [-0.1, -0.05) is 12.1 Å². The van der Waals surface area contributed by atoms with Crippen LogP contribution in [0.3, 0.4) is 0 Å². The Hall–Kier alpha value is -2.38. The van der Waals surface area contributed by atoms with Crippen LogP contribution in [0.4, 0.5) is 0 Å². The number of hydrogen-bond donors (Lipinski definition) is 1. The van der Waals surface area contributed by atoms with Gasteiger partial charge in [-0.05, 0) is 25.5 Å². The third-order valence-corrected chi connectivity index (χ3v) is 4.30. The number of ether oxygens (including phenoxy) is 3. The van der Waals surface area contributed by atoms with Gasteiger partial charge in [0.1, 0.15) is 22.9 Å². The molecule has 0 fully saturated rings. The number of methoxy groups -OCH3 is 1. The lowest BCUT2D eigenvalue weighted by atomic mass is 10.1. The van der Waals surface area contributed by atoms with Crippen molar-refractivity contribution in [1.82, 2.24) is 4.98 Å². The van der Waals surface area contributed by atoms with Crippen LogP contribution in [0.25, 0.3) is 10.6 Å². The van der Waals surface area contributed by atoms with E-state index in [1.165, 1.54) is 24.7 Å². The minimum Gasteiger partial charge on any atom is -0.504 e. The predicted octanol–water partition coefficient (Wildman–Crippen LogP) is 3.65. The molecule has 0 aliphatic heterocycles. The highest BCUT2D eigenvalue weighted by Gasteiger charge is 2.12. The Morgan fingerprint density at radius 2 is 2.20 bits per heavy atom. The summed E-state index contributed by atoms with van der Waals surface area (Å²) in [7, 11) is 1.40. The van der Waals surface area contributed by atoms with Crippen LogP contribution in [0, 0.1) is 6.92 Å². The number of aliphatic carboxylic acids is 1. The standard InChI is InChI=1S/C18H21NO5S/c1-4-23-10-15-11-25-17(19-15)13-6-5-12(2)16(7-13)24-9-14(8-22-3)18(20)21/h5-8,11H,4,9-10H2,1-3H3,(H,20,21)/b14-8-. The Morgan fingerprint density at radius 3 is 2.88 bits per heavy atom. The molecule has 2 aromatic rings. The SMILES string of the molecule is CCOCc1csc(-c2ccc(C)c(OC/C(=C/OC)C(=O)O)c2)n1. The van der Waals surface area contributed by atoms with E-state index in [9.17, 15) is 4.79 Å². The average molecular weight is 363 g/mol. The molecule has 0 bridgehead atoms. The quantitative estimate of drug-likeness (QED) is 0.541. The molecule has 0 saturated carbocycles. The lowest BCUT2D eigenvalue weighted by Gasteiger charge is -2.10. The van der Waals surface area contributed by atoms with Gasteiger partial charge < -0.3 is 19.3 Å². The summed E-state index contributed by atoms with van der Waals surface area (Å²) < 4.78 is 15.8. The molecule has 0 aliphatic rings. The fourth-order valence-electron chi connectivity index (χ4n) is 2.05. The molecule has 1 aromatic heterocycles. The van der Waals surface area contributed by atoms with Crippen LogP contribution in [0.15, 0.2) is 35.4 Å². The summed E-state index contributed by atoms with van der Waals surface area (Å²) in [5, 5.41) is 11.9. The number of aryl methyl sites for hydroxylation is 1. The van der Waals surface area contributed by atoms with E-state index in [1.54, 1.807) is 0 Å². The molecule has 1 heterocycles. The first kappa shape index (κ1) is 19.0. The molecule has 1 N–H and O–H groups in total. The van der Waals surface area contributed by atoms with E-state index in [-0.39, 0.29) is 12.2 Å². The molecule has 0 unspecified atom stereocenters. The number of nitrogens with zero attached hydrogens (tertiary/aromatic N) is 1. The van der Waals surface area contributed by atoms with Crippen LogP contribution in [0.5, 0.6) is 5.75 Å². The number of hydrogen-bond acceptors (Lipinski definition) is 6. The largest absolute Gasteiger partial charge is 0.504 e. The van der Waals surface area contributed by atoms with Gasteiger partial charge in [-0.2, -0.15) is 0 Å².